The number of nitrogens with one attached hydrogen (secondary N) is 2. The molecule has 0 radical (unpaired) electrons. The van der Waals surface area contributed by atoms with Gasteiger partial charge < -0.3 is 16.0 Å². The van der Waals surface area contributed by atoms with Gasteiger partial charge >= 0.3 is 0 Å². The quantitative estimate of drug-likeness (QED) is 0.372. The summed E-state index contributed by atoms with van der Waals surface area (Å²) in [6.45, 7) is 5.56. The highest BCUT2D eigenvalue weighted by Crippen LogP contribution is 2.19. The first kappa shape index (κ1) is 20.0. The maximum atomic E-state index is 11.1. The van der Waals surface area contributed by atoms with Crippen LogP contribution in [0.1, 0.15) is 41.6 Å². The van der Waals surface area contributed by atoms with Crippen molar-refractivity contribution in [3.63, 3.8) is 0 Å². The van der Waals surface area contributed by atoms with E-state index in [0.29, 0.717) is 16.9 Å². The van der Waals surface area contributed by atoms with Crippen LogP contribution in [0.2, 0.25) is 0 Å². The number of H-pyrrole nitrogens is 1. The SMILES string of the molecule is CC.CNc1ccc2[nH]c(C(C)=O)cc2c1.Nc1ccc(C=O)cc1. The van der Waals surface area contributed by atoms with E-state index in [9.17, 15) is 9.59 Å². The van der Waals surface area contributed by atoms with E-state index in [1.165, 1.54) is 0 Å². The molecule has 0 unspecified atom stereocenters. The smallest absolute Gasteiger partial charge is 0.175 e. The highest BCUT2D eigenvalue weighted by molar-refractivity contribution is 5.98. The second-order valence-corrected chi connectivity index (χ2v) is 5.08. The van der Waals surface area contributed by atoms with Gasteiger partial charge in [-0.15, -0.1) is 0 Å². The van der Waals surface area contributed by atoms with Crippen molar-refractivity contribution < 1.29 is 9.59 Å². The van der Waals surface area contributed by atoms with Crippen LogP contribution in [0.25, 0.3) is 10.9 Å². The maximum absolute atomic E-state index is 11.1. The maximum Gasteiger partial charge on any atom is 0.175 e. The molecule has 2 aromatic carbocycles. The lowest BCUT2D eigenvalue weighted by molar-refractivity contribution is 0.101. The number of anilines is 2. The van der Waals surface area contributed by atoms with Crippen molar-refractivity contribution in [1.29, 1.82) is 0 Å². The average molecular weight is 339 g/mol. The molecular weight excluding hydrogens is 314 g/mol. The second-order valence-electron chi connectivity index (χ2n) is 5.08. The first-order chi connectivity index (χ1) is 12.0. The third-order valence-corrected chi connectivity index (χ3v) is 3.36. The van der Waals surface area contributed by atoms with Gasteiger partial charge in [0.05, 0.1) is 5.69 Å². The molecule has 5 heteroatoms. The summed E-state index contributed by atoms with van der Waals surface area (Å²) in [5.41, 5.74) is 9.41. The van der Waals surface area contributed by atoms with E-state index < -0.39 is 0 Å². The molecule has 5 nitrogen and oxygen atoms in total. The first-order valence-electron chi connectivity index (χ1n) is 8.15. The molecule has 0 spiro atoms. The Bertz CT molecular complexity index is 821. The zero-order chi connectivity index (χ0) is 18.8. The monoisotopic (exact) mass is 339 g/mol. The summed E-state index contributed by atoms with van der Waals surface area (Å²) >= 11 is 0. The number of aldehydes is 1. The number of nitrogens with two attached hydrogens (primary N) is 1. The molecule has 25 heavy (non-hydrogen) atoms. The fraction of sp³-hybridized carbons (Fsp3) is 0.200. The van der Waals surface area contributed by atoms with E-state index in [1.807, 2.05) is 45.2 Å². The predicted molar refractivity (Wildman–Crippen MR) is 105 cm³/mol. The lowest BCUT2D eigenvalue weighted by atomic mass is 10.2. The molecule has 0 aliphatic rings. The van der Waals surface area contributed by atoms with Crippen LogP contribution in [-0.4, -0.2) is 24.1 Å². The molecular formula is C20H25N3O2. The van der Waals surface area contributed by atoms with Crippen molar-refractivity contribution in [2.75, 3.05) is 18.1 Å². The molecule has 0 aliphatic heterocycles. The number of rotatable bonds is 3. The minimum atomic E-state index is 0.0622. The van der Waals surface area contributed by atoms with E-state index in [-0.39, 0.29) is 5.78 Å². The number of carbonyl (C=O) groups is 2. The van der Waals surface area contributed by atoms with Crippen LogP contribution in [0, 0.1) is 0 Å². The number of hydrogen-bond acceptors (Lipinski definition) is 4. The van der Waals surface area contributed by atoms with Crippen molar-refractivity contribution in [3.8, 4) is 0 Å². The van der Waals surface area contributed by atoms with Crippen LogP contribution >= 0.6 is 0 Å². The zero-order valence-electron chi connectivity index (χ0n) is 15.1. The lowest BCUT2D eigenvalue weighted by Gasteiger charge is -1.97. The summed E-state index contributed by atoms with van der Waals surface area (Å²) in [5, 5.41) is 4.12. The number of hydrogen-bond donors (Lipinski definition) is 3. The van der Waals surface area contributed by atoms with Crippen LogP contribution in [-0.2, 0) is 0 Å². The highest BCUT2D eigenvalue weighted by Gasteiger charge is 2.04. The van der Waals surface area contributed by atoms with Gasteiger partial charge in [-0.25, -0.2) is 0 Å². The van der Waals surface area contributed by atoms with E-state index in [1.54, 1.807) is 31.2 Å². The van der Waals surface area contributed by atoms with Gasteiger partial charge in [0.25, 0.3) is 0 Å². The number of Topliss-reactive ketones (excluding diaryl/α,β-unsaturated/α-hetero) is 1. The van der Waals surface area contributed by atoms with Gasteiger partial charge in [-0.05, 0) is 48.5 Å². The van der Waals surface area contributed by atoms with Gasteiger partial charge in [0, 0.05) is 41.8 Å². The molecule has 0 atom stereocenters. The average Bonchev–Trinajstić information content (AvgIpc) is 3.08. The Kier molecular flexibility index (Phi) is 7.93. The number of ketones is 1. The number of carbonyl (C=O) groups excluding carboxylic acids is 2. The molecule has 1 heterocycles. The van der Waals surface area contributed by atoms with E-state index in [2.05, 4.69) is 10.3 Å². The van der Waals surface area contributed by atoms with Crippen LogP contribution in [0.5, 0.6) is 0 Å². The summed E-state index contributed by atoms with van der Waals surface area (Å²) in [6, 6.07) is 14.6. The standard InChI is InChI=1S/C11H12N2O.C7H7NO.C2H6/c1-7(14)11-6-8-5-9(12-2)3-4-10(8)13-11;8-7-3-1-6(5-9)2-4-7;1-2/h3-6,12-13H,1-2H3;1-5H,8H2;1-2H3. The van der Waals surface area contributed by atoms with Crippen molar-refractivity contribution in [2.24, 2.45) is 0 Å². The minimum Gasteiger partial charge on any atom is -0.399 e. The van der Waals surface area contributed by atoms with E-state index >= 15 is 0 Å². The van der Waals surface area contributed by atoms with Gasteiger partial charge in [0.15, 0.2) is 5.78 Å². The summed E-state index contributed by atoms with van der Waals surface area (Å²) in [6.07, 6.45) is 0.791. The van der Waals surface area contributed by atoms with Crippen LogP contribution in [0.4, 0.5) is 11.4 Å². The number of aromatic nitrogens is 1. The fourth-order valence-electron chi connectivity index (χ4n) is 2.05. The molecule has 0 aliphatic carbocycles. The van der Waals surface area contributed by atoms with Gasteiger partial charge in [-0.3, -0.25) is 9.59 Å². The fourth-order valence-corrected chi connectivity index (χ4v) is 2.05. The summed E-state index contributed by atoms with van der Waals surface area (Å²) in [5.74, 6) is 0.0622. The number of aromatic amines is 1. The Morgan fingerprint density at radius 2 is 1.72 bits per heavy atom. The Balaban J connectivity index is 0.000000246. The van der Waals surface area contributed by atoms with Crippen molar-refractivity contribution in [3.05, 3.63) is 59.8 Å². The molecule has 0 amide bonds. The molecule has 3 rings (SSSR count). The Labute approximate surface area is 148 Å². The molecule has 0 saturated heterocycles. The highest BCUT2D eigenvalue weighted by atomic mass is 16.1. The predicted octanol–water partition coefficient (Wildman–Crippen LogP) is 4.52. The second kappa shape index (κ2) is 9.93. The molecule has 0 bridgehead atoms. The number of nitrogen functional groups attached to an aromatic ring is 1. The molecule has 4 N–H and O–H groups in total. The molecule has 0 fully saturated rings. The van der Waals surface area contributed by atoms with Crippen molar-refractivity contribution in [1.82, 2.24) is 4.98 Å². The third kappa shape index (κ3) is 5.80. The molecule has 0 saturated carbocycles. The van der Waals surface area contributed by atoms with Gasteiger partial charge in [-0.1, -0.05) is 13.8 Å². The minimum absolute atomic E-state index is 0.0622. The number of benzene rings is 2. The molecule has 132 valence electrons. The van der Waals surface area contributed by atoms with Crippen molar-refractivity contribution >= 4 is 34.3 Å². The summed E-state index contributed by atoms with van der Waals surface area (Å²) < 4.78 is 0. The normalized spacial score (nSPS) is 9.28. The molecule has 1 aromatic heterocycles. The lowest BCUT2D eigenvalue weighted by Crippen LogP contribution is -1.89. The van der Waals surface area contributed by atoms with Crippen LogP contribution in [0.3, 0.4) is 0 Å². The van der Waals surface area contributed by atoms with Crippen LogP contribution in [0.15, 0.2) is 48.5 Å². The first-order valence-corrected chi connectivity index (χ1v) is 8.15. The Morgan fingerprint density at radius 1 is 1.08 bits per heavy atom. The summed E-state index contributed by atoms with van der Waals surface area (Å²) in [4.78, 5) is 24.3. The summed E-state index contributed by atoms with van der Waals surface area (Å²) in [7, 11) is 1.87. The van der Waals surface area contributed by atoms with Crippen LogP contribution < -0.4 is 11.1 Å². The van der Waals surface area contributed by atoms with Crippen molar-refractivity contribution in [2.45, 2.75) is 20.8 Å². The van der Waals surface area contributed by atoms with Gasteiger partial charge in [-0.2, -0.15) is 0 Å². The third-order valence-electron chi connectivity index (χ3n) is 3.36. The largest absolute Gasteiger partial charge is 0.399 e. The number of fused-ring (bicyclic) bond motifs is 1. The van der Waals surface area contributed by atoms with Gasteiger partial charge in [0.2, 0.25) is 0 Å². The van der Waals surface area contributed by atoms with E-state index in [0.717, 1.165) is 22.9 Å². The topological polar surface area (TPSA) is 88.0 Å². The van der Waals surface area contributed by atoms with E-state index in [4.69, 9.17) is 5.73 Å². The van der Waals surface area contributed by atoms with Gasteiger partial charge in [0.1, 0.15) is 6.29 Å². The zero-order valence-corrected chi connectivity index (χ0v) is 15.1. The Hall–Kier alpha value is -3.08. The molecule has 3 aromatic rings. The Morgan fingerprint density at radius 3 is 2.24 bits per heavy atom.